The molecule has 204 valence electrons. The van der Waals surface area contributed by atoms with Gasteiger partial charge in [0.15, 0.2) is 11.5 Å². The van der Waals surface area contributed by atoms with E-state index in [4.69, 9.17) is 24.7 Å². The third-order valence-corrected chi connectivity index (χ3v) is 7.81. The summed E-state index contributed by atoms with van der Waals surface area (Å²) in [4.78, 5) is 9.65. The molecule has 1 aliphatic heterocycles. The lowest BCUT2D eigenvalue weighted by Crippen LogP contribution is -2.16. The highest BCUT2D eigenvalue weighted by atomic mass is 16.5. The number of aryl methyl sites for hydroxylation is 1. The van der Waals surface area contributed by atoms with Gasteiger partial charge in [-0.05, 0) is 48.2 Å². The number of phenolic OH excluding ortho intramolecular Hbond substituents is 1. The van der Waals surface area contributed by atoms with Crippen LogP contribution < -0.4 is 9.47 Å². The van der Waals surface area contributed by atoms with Crippen LogP contribution in [0, 0.1) is 6.92 Å². The van der Waals surface area contributed by atoms with Gasteiger partial charge in [0.1, 0.15) is 17.8 Å². The highest BCUT2D eigenvalue weighted by molar-refractivity contribution is 5.94. The summed E-state index contributed by atoms with van der Waals surface area (Å²) in [6.07, 6.45) is 1.59. The summed E-state index contributed by atoms with van der Waals surface area (Å²) in [6.45, 7) is 1.99. The second-order valence-corrected chi connectivity index (χ2v) is 10.2. The van der Waals surface area contributed by atoms with E-state index in [1.807, 2.05) is 103 Å². The number of hydrogen-bond acceptors (Lipinski definition) is 7. The Morgan fingerprint density at radius 3 is 2.45 bits per heavy atom. The molecular weight excluding hydrogens is 528 g/mol. The van der Waals surface area contributed by atoms with E-state index < -0.39 is 0 Å². The Morgan fingerprint density at radius 2 is 1.64 bits per heavy atom. The number of aromatic hydroxyl groups is 1. The fraction of sp³-hybridized carbons (Fsp3) is 0.0909. The molecule has 0 saturated carbocycles. The average Bonchev–Trinajstić information content (AvgIpc) is 3.62. The van der Waals surface area contributed by atoms with Crippen molar-refractivity contribution in [3.8, 4) is 40.3 Å². The second-order valence-electron chi connectivity index (χ2n) is 10.2. The Hall–Kier alpha value is -5.70. The van der Waals surface area contributed by atoms with E-state index in [0.29, 0.717) is 28.8 Å². The van der Waals surface area contributed by atoms with E-state index in [1.165, 1.54) is 0 Å². The van der Waals surface area contributed by atoms with Gasteiger partial charge in [-0.3, -0.25) is 0 Å². The number of nitrogens with zero attached hydrogens (tertiary/aromatic N) is 6. The van der Waals surface area contributed by atoms with Crippen LogP contribution in [0.1, 0.15) is 28.3 Å². The van der Waals surface area contributed by atoms with Crippen molar-refractivity contribution in [1.29, 1.82) is 0 Å². The first-order valence-electron chi connectivity index (χ1n) is 13.5. The van der Waals surface area contributed by atoms with Crippen LogP contribution in [0.3, 0.4) is 0 Å². The fourth-order valence-corrected chi connectivity index (χ4v) is 5.80. The maximum atomic E-state index is 11.2. The van der Waals surface area contributed by atoms with E-state index in [1.54, 1.807) is 18.0 Å². The largest absolute Gasteiger partial charge is 0.507 e. The SMILES string of the molecule is COc1ccc(C2c3c(C)nn(-c4ccccc4)c3Oc3ncn4nc(-c5ccc6ccccc6c5O)nc4c32)cc1. The Morgan fingerprint density at radius 1 is 0.857 bits per heavy atom. The van der Waals surface area contributed by atoms with Gasteiger partial charge in [0.25, 0.3) is 0 Å². The molecule has 0 aliphatic carbocycles. The predicted molar refractivity (Wildman–Crippen MR) is 158 cm³/mol. The molecule has 3 aromatic heterocycles. The fourth-order valence-electron chi connectivity index (χ4n) is 5.80. The average molecular weight is 553 g/mol. The van der Waals surface area contributed by atoms with Gasteiger partial charge in [0.05, 0.1) is 41.1 Å². The molecule has 0 radical (unpaired) electrons. The van der Waals surface area contributed by atoms with Crippen LogP contribution >= 0.6 is 0 Å². The third kappa shape index (κ3) is 3.56. The highest BCUT2D eigenvalue weighted by Gasteiger charge is 2.38. The van der Waals surface area contributed by atoms with Crippen LogP contribution in [0.5, 0.6) is 23.3 Å². The third-order valence-electron chi connectivity index (χ3n) is 7.81. The number of rotatable bonds is 4. The van der Waals surface area contributed by atoms with Gasteiger partial charge in [-0.25, -0.2) is 19.2 Å². The zero-order valence-corrected chi connectivity index (χ0v) is 22.8. The Balaban J connectivity index is 1.36. The normalized spacial score (nSPS) is 14.0. The van der Waals surface area contributed by atoms with E-state index in [9.17, 15) is 5.11 Å². The van der Waals surface area contributed by atoms with Crippen molar-refractivity contribution in [1.82, 2.24) is 29.4 Å². The van der Waals surface area contributed by atoms with Gasteiger partial charge >= 0.3 is 0 Å². The topological polar surface area (TPSA) is 99.6 Å². The van der Waals surface area contributed by atoms with Gasteiger partial charge in [-0.15, -0.1) is 5.10 Å². The minimum atomic E-state index is -0.300. The second kappa shape index (κ2) is 9.17. The number of para-hydroxylation sites is 1. The quantitative estimate of drug-likeness (QED) is 0.268. The van der Waals surface area contributed by atoms with Crippen LogP contribution in [0.15, 0.2) is 97.3 Å². The maximum absolute atomic E-state index is 11.2. The molecule has 1 N–H and O–H groups in total. The number of benzene rings is 4. The molecule has 0 saturated heterocycles. The van der Waals surface area contributed by atoms with Gasteiger partial charge < -0.3 is 14.6 Å². The highest BCUT2D eigenvalue weighted by Crippen LogP contribution is 2.50. The molecule has 0 fully saturated rings. The molecule has 1 aliphatic rings. The molecular formula is C33H24N6O3. The van der Waals surface area contributed by atoms with E-state index in [0.717, 1.165) is 44.6 Å². The number of methoxy groups -OCH3 is 1. The lowest BCUT2D eigenvalue weighted by molar-refractivity contribution is 0.402. The van der Waals surface area contributed by atoms with Crippen molar-refractivity contribution in [2.24, 2.45) is 0 Å². The van der Waals surface area contributed by atoms with Crippen LogP contribution in [-0.2, 0) is 0 Å². The van der Waals surface area contributed by atoms with E-state index in [2.05, 4.69) is 4.98 Å². The summed E-state index contributed by atoms with van der Waals surface area (Å²) in [6, 6.07) is 29.3. The first kappa shape index (κ1) is 24.1. The first-order valence-corrected chi connectivity index (χ1v) is 13.5. The number of hydrogen-bond donors (Lipinski definition) is 1. The monoisotopic (exact) mass is 552 g/mol. The van der Waals surface area contributed by atoms with Crippen molar-refractivity contribution < 1.29 is 14.6 Å². The van der Waals surface area contributed by atoms with Gasteiger partial charge in [0.2, 0.25) is 11.8 Å². The summed E-state index contributed by atoms with van der Waals surface area (Å²) >= 11 is 0. The van der Waals surface area contributed by atoms with Gasteiger partial charge in [-0.2, -0.15) is 5.10 Å². The number of phenols is 1. The number of aromatic nitrogens is 6. The van der Waals surface area contributed by atoms with Gasteiger partial charge in [0, 0.05) is 5.39 Å². The standard InChI is InChI=1S/C33H24N6O3/c1-19-26-27(21-12-15-23(41-2)16-13-21)28-31-35-30(25-17-14-20-8-6-7-11-24(20)29(25)40)37-38(31)18-34-32(28)42-33(26)39(36-19)22-9-4-3-5-10-22/h3-18,27,40H,1-2H3. The van der Waals surface area contributed by atoms with Crippen molar-refractivity contribution in [2.45, 2.75) is 12.8 Å². The molecule has 1 unspecified atom stereocenters. The van der Waals surface area contributed by atoms with E-state index >= 15 is 0 Å². The molecule has 9 heteroatoms. The summed E-state index contributed by atoms with van der Waals surface area (Å²) in [5.41, 5.74) is 5.53. The smallest absolute Gasteiger partial charge is 0.230 e. The molecule has 9 nitrogen and oxygen atoms in total. The Labute approximate surface area is 240 Å². The molecule has 1 atom stereocenters. The van der Waals surface area contributed by atoms with Gasteiger partial charge in [-0.1, -0.05) is 60.7 Å². The van der Waals surface area contributed by atoms with Crippen molar-refractivity contribution in [3.63, 3.8) is 0 Å². The maximum Gasteiger partial charge on any atom is 0.230 e. The van der Waals surface area contributed by atoms with Crippen molar-refractivity contribution in [3.05, 3.63) is 120 Å². The summed E-state index contributed by atoms with van der Waals surface area (Å²) in [5, 5.41) is 22.5. The minimum Gasteiger partial charge on any atom is -0.507 e. The van der Waals surface area contributed by atoms with Crippen LogP contribution in [0.4, 0.5) is 0 Å². The molecule has 42 heavy (non-hydrogen) atoms. The van der Waals surface area contributed by atoms with Crippen LogP contribution in [0.2, 0.25) is 0 Å². The first-order chi connectivity index (χ1) is 20.6. The molecule has 0 amide bonds. The number of fused-ring (bicyclic) bond motifs is 5. The zero-order chi connectivity index (χ0) is 28.4. The number of ether oxygens (including phenoxy) is 2. The minimum absolute atomic E-state index is 0.135. The lowest BCUT2D eigenvalue weighted by Gasteiger charge is -2.26. The summed E-state index contributed by atoms with van der Waals surface area (Å²) in [7, 11) is 1.65. The van der Waals surface area contributed by atoms with Crippen molar-refractivity contribution in [2.75, 3.05) is 7.11 Å². The molecule has 8 rings (SSSR count). The van der Waals surface area contributed by atoms with Crippen molar-refractivity contribution >= 4 is 16.4 Å². The van der Waals surface area contributed by atoms with Crippen LogP contribution in [0.25, 0.3) is 33.5 Å². The van der Waals surface area contributed by atoms with E-state index in [-0.39, 0.29) is 11.7 Å². The predicted octanol–water partition coefficient (Wildman–Crippen LogP) is 6.44. The molecule has 0 bridgehead atoms. The summed E-state index contributed by atoms with van der Waals surface area (Å²) < 4.78 is 15.4. The molecule has 7 aromatic rings. The molecule has 4 heterocycles. The Kier molecular flexibility index (Phi) is 5.27. The molecule has 4 aromatic carbocycles. The van der Waals surface area contributed by atoms with Crippen LogP contribution in [-0.4, -0.2) is 41.6 Å². The Bertz CT molecular complexity index is 2130. The zero-order valence-electron chi connectivity index (χ0n) is 22.8. The molecule has 0 spiro atoms. The lowest BCUT2D eigenvalue weighted by atomic mass is 9.84. The summed E-state index contributed by atoms with van der Waals surface area (Å²) in [5.74, 6) is 2.02.